The number of benzene rings is 1. The number of carbonyl (C=O) groups is 1. The molecule has 1 fully saturated rings. The number of carbonyl (C=O) groups excluding carboxylic acids is 1. The van der Waals surface area contributed by atoms with E-state index in [9.17, 15) is 4.79 Å². The molecule has 1 saturated heterocycles. The van der Waals surface area contributed by atoms with Crippen LogP contribution in [0.4, 0.5) is 0 Å². The summed E-state index contributed by atoms with van der Waals surface area (Å²) < 4.78 is 5.42. The molecule has 1 aliphatic heterocycles. The Kier molecular flexibility index (Phi) is 9.47. The largest absolute Gasteiger partial charge is 0.496 e. The summed E-state index contributed by atoms with van der Waals surface area (Å²) in [4.78, 5) is 19.7. The van der Waals surface area contributed by atoms with Crippen LogP contribution in [0.2, 0.25) is 0 Å². The van der Waals surface area contributed by atoms with Gasteiger partial charge in [-0.1, -0.05) is 26.0 Å². The number of nitrogens with one attached hydrogen (secondary N) is 2. The molecule has 0 radical (unpaired) electrons. The maximum Gasteiger partial charge on any atom is 0.222 e. The van der Waals surface area contributed by atoms with Crippen molar-refractivity contribution < 1.29 is 9.53 Å². The molecule has 1 heterocycles. The van der Waals surface area contributed by atoms with E-state index < -0.39 is 0 Å². The molecule has 1 aliphatic rings. The van der Waals surface area contributed by atoms with Crippen LogP contribution in [-0.2, 0) is 4.79 Å². The van der Waals surface area contributed by atoms with Crippen LogP contribution in [-0.4, -0.2) is 61.9 Å². The van der Waals surface area contributed by atoms with Gasteiger partial charge < -0.3 is 20.3 Å². The van der Waals surface area contributed by atoms with Crippen LogP contribution in [0.1, 0.15) is 33.6 Å². The maximum atomic E-state index is 11.9. The lowest BCUT2D eigenvalue weighted by molar-refractivity contribution is -0.129. The molecule has 2 N–H and O–H groups in total. The molecule has 0 aliphatic carbocycles. The van der Waals surface area contributed by atoms with Gasteiger partial charge in [-0.2, -0.15) is 0 Å². The van der Waals surface area contributed by atoms with Gasteiger partial charge in [0.2, 0.25) is 5.91 Å². The van der Waals surface area contributed by atoms with Gasteiger partial charge in [-0.05, 0) is 31.4 Å². The Hall–Kier alpha value is -1.89. The molecule has 6 nitrogen and oxygen atoms in total. The van der Waals surface area contributed by atoms with Crippen LogP contribution in [0.15, 0.2) is 34.2 Å². The fourth-order valence-electron chi connectivity index (χ4n) is 3.11. The molecule has 7 heteroatoms. The van der Waals surface area contributed by atoms with Crippen molar-refractivity contribution in [2.75, 3.05) is 39.0 Å². The zero-order valence-electron chi connectivity index (χ0n) is 17.5. The lowest BCUT2D eigenvalue weighted by Crippen LogP contribution is -2.45. The Morgan fingerprint density at radius 1 is 1.39 bits per heavy atom. The van der Waals surface area contributed by atoms with Crippen molar-refractivity contribution in [1.29, 1.82) is 0 Å². The average Bonchev–Trinajstić information content (AvgIpc) is 3.18. The average molecular weight is 407 g/mol. The zero-order chi connectivity index (χ0) is 20.4. The Labute approximate surface area is 173 Å². The van der Waals surface area contributed by atoms with E-state index in [1.165, 1.54) is 0 Å². The normalized spacial score (nSPS) is 18.1. The van der Waals surface area contributed by atoms with Crippen molar-refractivity contribution in [1.82, 2.24) is 15.5 Å². The van der Waals surface area contributed by atoms with Gasteiger partial charge in [-0.3, -0.25) is 9.79 Å². The number of likely N-dealkylation sites (tertiary alicyclic amines) is 1. The van der Waals surface area contributed by atoms with E-state index in [1.807, 2.05) is 30.0 Å². The highest BCUT2D eigenvalue weighted by Crippen LogP contribution is 2.30. The van der Waals surface area contributed by atoms with Gasteiger partial charge in [0.25, 0.3) is 0 Å². The van der Waals surface area contributed by atoms with E-state index in [4.69, 9.17) is 9.73 Å². The molecule has 28 heavy (non-hydrogen) atoms. The Balaban J connectivity index is 1.83. The summed E-state index contributed by atoms with van der Waals surface area (Å²) >= 11 is 1.80. The van der Waals surface area contributed by atoms with Crippen LogP contribution < -0.4 is 15.4 Å². The quantitative estimate of drug-likeness (QED) is 0.375. The first kappa shape index (κ1) is 22.4. The summed E-state index contributed by atoms with van der Waals surface area (Å²) in [6.07, 6.45) is 1.54. The van der Waals surface area contributed by atoms with Gasteiger partial charge >= 0.3 is 0 Å². The van der Waals surface area contributed by atoms with E-state index in [0.717, 1.165) is 55.0 Å². The molecule has 0 saturated carbocycles. The number of guanidine groups is 1. The zero-order valence-corrected chi connectivity index (χ0v) is 18.3. The van der Waals surface area contributed by atoms with Crippen LogP contribution >= 0.6 is 11.8 Å². The number of hydrogen-bond acceptors (Lipinski definition) is 4. The number of amides is 1. The molecule has 1 amide bonds. The van der Waals surface area contributed by atoms with Crippen molar-refractivity contribution in [3.05, 3.63) is 24.3 Å². The third kappa shape index (κ3) is 6.93. The number of methoxy groups -OCH3 is 1. The molecule has 1 aromatic rings. The number of aliphatic imine (C=N–C) groups is 1. The first-order valence-electron chi connectivity index (χ1n) is 10.2. The van der Waals surface area contributed by atoms with E-state index in [1.54, 1.807) is 18.9 Å². The van der Waals surface area contributed by atoms with Gasteiger partial charge in [0.05, 0.1) is 7.11 Å². The summed E-state index contributed by atoms with van der Waals surface area (Å²) in [5.41, 5.74) is 0. The first-order valence-corrected chi connectivity index (χ1v) is 11.1. The third-order valence-electron chi connectivity index (χ3n) is 4.68. The first-order chi connectivity index (χ1) is 13.6. The number of nitrogens with zero attached hydrogens (tertiary/aromatic N) is 2. The second kappa shape index (κ2) is 11.8. The van der Waals surface area contributed by atoms with Gasteiger partial charge in [0, 0.05) is 49.3 Å². The SMILES string of the molecule is CCNC(=NCC(C)CSc1ccccc1OC)NC1CCN(C(=O)CC)C1. The fourth-order valence-corrected chi connectivity index (χ4v) is 4.15. The highest BCUT2D eigenvalue weighted by atomic mass is 32.2. The highest BCUT2D eigenvalue weighted by Gasteiger charge is 2.25. The summed E-state index contributed by atoms with van der Waals surface area (Å²) in [5.74, 6) is 3.41. The van der Waals surface area contributed by atoms with Crippen LogP contribution in [0, 0.1) is 5.92 Å². The van der Waals surface area contributed by atoms with E-state index in [0.29, 0.717) is 12.3 Å². The summed E-state index contributed by atoms with van der Waals surface area (Å²) in [6.45, 7) is 9.36. The third-order valence-corrected chi connectivity index (χ3v) is 6.07. The molecular formula is C21H34N4O2S. The number of para-hydroxylation sites is 1. The lowest BCUT2D eigenvalue weighted by Gasteiger charge is -2.19. The standard InChI is InChI=1S/C21H34N4O2S/c1-5-20(26)25-12-11-17(14-25)24-21(22-6-2)23-13-16(3)15-28-19-10-8-7-9-18(19)27-4/h7-10,16-17H,5-6,11-15H2,1-4H3,(H2,22,23,24). The molecule has 156 valence electrons. The topological polar surface area (TPSA) is 66.0 Å². The van der Waals surface area contributed by atoms with Gasteiger partial charge in [0.15, 0.2) is 5.96 Å². The lowest BCUT2D eigenvalue weighted by atomic mass is 10.2. The molecule has 2 unspecified atom stereocenters. The minimum absolute atomic E-state index is 0.230. The molecule has 0 bridgehead atoms. The van der Waals surface area contributed by atoms with Crippen LogP contribution in [0.25, 0.3) is 0 Å². The molecule has 2 rings (SSSR count). The second-order valence-electron chi connectivity index (χ2n) is 7.11. The molecule has 0 spiro atoms. The van der Waals surface area contributed by atoms with E-state index in [-0.39, 0.29) is 11.9 Å². The number of hydrogen-bond donors (Lipinski definition) is 2. The van der Waals surface area contributed by atoms with Gasteiger partial charge in [0.1, 0.15) is 5.75 Å². The minimum Gasteiger partial charge on any atom is -0.496 e. The van der Waals surface area contributed by atoms with Crippen LogP contribution in [0.3, 0.4) is 0 Å². The maximum absolute atomic E-state index is 11.9. The van der Waals surface area contributed by atoms with Crippen molar-refractivity contribution in [2.45, 2.75) is 44.6 Å². The summed E-state index contributed by atoms with van der Waals surface area (Å²) in [5, 5.41) is 6.82. The number of thioether (sulfide) groups is 1. The number of rotatable bonds is 9. The van der Waals surface area contributed by atoms with E-state index >= 15 is 0 Å². The Morgan fingerprint density at radius 3 is 2.89 bits per heavy atom. The molecule has 0 aromatic heterocycles. The molecular weight excluding hydrogens is 372 g/mol. The smallest absolute Gasteiger partial charge is 0.222 e. The molecule has 1 aromatic carbocycles. The highest BCUT2D eigenvalue weighted by molar-refractivity contribution is 7.99. The van der Waals surface area contributed by atoms with Crippen LogP contribution in [0.5, 0.6) is 5.75 Å². The van der Waals surface area contributed by atoms with E-state index in [2.05, 4.69) is 30.5 Å². The minimum atomic E-state index is 0.230. The van der Waals surface area contributed by atoms with Crippen molar-refractivity contribution in [3.63, 3.8) is 0 Å². The van der Waals surface area contributed by atoms with Crippen molar-refractivity contribution in [3.8, 4) is 5.75 Å². The number of ether oxygens (including phenoxy) is 1. The fraction of sp³-hybridized carbons (Fsp3) is 0.619. The second-order valence-corrected chi connectivity index (χ2v) is 8.17. The van der Waals surface area contributed by atoms with Crippen molar-refractivity contribution >= 4 is 23.6 Å². The Bertz CT molecular complexity index is 653. The molecule has 2 atom stereocenters. The van der Waals surface area contributed by atoms with Gasteiger partial charge in [-0.15, -0.1) is 11.8 Å². The van der Waals surface area contributed by atoms with Gasteiger partial charge in [-0.25, -0.2) is 0 Å². The van der Waals surface area contributed by atoms with Crippen molar-refractivity contribution in [2.24, 2.45) is 10.9 Å². The summed E-state index contributed by atoms with van der Waals surface area (Å²) in [6, 6.07) is 8.38. The predicted molar refractivity (Wildman–Crippen MR) is 117 cm³/mol. The monoisotopic (exact) mass is 406 g/mol. The predicted octanol–water partition coefficient (Wildman–Crippen LogP) is 2.99. The Morgan fingerprint density at radius 2 is 2.18 bits per heavy atom. The summed E-state index contributed by atoms with van der Waals surface area (Å²) in [7, 11) is 1.71.